The standard InChI is InChI=1S/C13H8ClFN2/c14-13-7-9(1-2-17-13)3-10-4-11(8-16)6-12(15)5-10/h1-2,4-7H,3H2. The topological polar surface area (TPSA) is 36.7 Å². The summed E-state index contributed by atoms with van der Waals surface area (Å²) in [7, 11) is 0. The molecule has 0 atom stereocenters. The molecule has 0 unspecified atom stereocenters. The van der Waals surface area contributed by atoms with Crippen LogP contribution in [0.2, 0.25) is 5.15 Å². The maximum atomic E-state index is 13.2. The molecule has 1 aromatic heterocycles. The minimum atomic E-state index is -0.404. The molecule has 2 aromatic rings. The number of rotatable bonds is 2. The van der Waals surface area contributed by atoms with E-state index in [9.17, 15) is 4.39 Å². The van der Waals surface area contributed by atoms with Crippen LogP contribution in [-0.2, 0) is 6.42 Å². The number of nitriles is 1. The monoisotopic (exact) mass is 246 g/mol. The third kappa shape index (κ3) is 3.02. The smallest absolute Gasteiger partial charge is 0.129 e. The van der Waals surface area contributed by atoms with Gasteiger partial charge < -0.3 is 0 Å². The first-order valence-electron chi connectivity index (χ1n) is 4.97. The second kappa shape index (κ2) is 4.94. The molecule has 84 valence electrons. The lowest BCUT2D eigenvalue weighted by atomic mass is 10.0. The zero-order valence-corrected chi connectivity index (χ0v) is 9.58. The molecule has 0 spiro atoms. The van der Waals surface area contributed by atoms with Gasteiger partial charge >= 0.3 is 0 Å². The number of hydrogen-bond donors (Lipinski definition) is 0. The highest BCUT2D eigenvalue weighted by Gasteiger charge is 2.02. The van der Waals surface area contributed by atoms with E-state index in [0.717, 1.165) is 11.1 Å². The van der Waals surface area contributed by atoms with Crippen molar-refractivity contribution in [2.75, 3.05) is 0 Å². The van der Waals surface area contributed by atoms with Crippen molar-refractivity contribution in [1.29, 1.82) is 5.26 Å². The van der Waals surface area contributed by atoms with Crippen LogP contribution >= 0.6 is 11.6 Å². The molecule has 0 radical (unpaired) electrons. The molecule has 0 aliphatic rings. The molecule has 0 saturated heterocycles. The van der Waals surface area contributed by atoms with Gasteiger partial charge in [-0.25, -0.2) is 9.37 Å². The summed E-state index contributed by atoms with van der Waals surface area (Å²) in [6, 6.07) is 9.74. The van der Waals surface area contributed by atoms with E-state index in [0.29, 0.717) is 17.1 Å². The molecule has 2 rings (SSSR count). The Bertz CT molecular complexity index is 590. The fraction of sp³-hybridized carbons (Fsp3) is 0.0769. The maximum Gasteiger partial charge on any atom is 0.129 e. The summed E-state index contributed by atoms with van der Waals surface area (Å²) < 4.78 is 13.2. The molecule has 1 aromatic carbocycles. The Morgan fingerprint density at radius 3 is 2.76 bits per heavy atom. The molecule has 1 heterocycles. The Morgan fingerprint density at radius 1 is 1.24 bits per heavy atom. The van der Waals surface area contributed by atoms with E-state index >= 15 is 0 Å². The van der Waals surface area contributed by atoms with Crippen LogP contribution < -0.4 is 0 Å². The highest BCUT2D eigenvalue weighted by molar-refractivity contribution is 6.29. The molecule has 0 amide bonds. The van der Waals surface area contributed by atoms with Crippen LogP contribution in [-0.4, -0.2) is 4.98 Å². The Hall–Kier alpha value is -1.92. The normalized spacial score (nSPS) is 9.94. The number of benzene rings is 1. The molecule has 0 fully saturated rings. The van der Waals surface area contributed by atoms with E-state index in [1.54, 1.807) is 18.3 Å². The van der Waals surface area contributed by atoms with Crippen LogP contribution in [0, 0.1) is 17.1 Å². The van der Waals surface area contributed by atoms with Gasteiger partial charge in [0, 0.05) is 6.20 Å². The van der Waals surface area contributed by atoms with Crippen LogP contribution in [0.1, 0.15) is 16.7 Å². The van der Waals surface area contributed by atoms with Gasteiger partial charge in [0.1, 0.15) is 11.0 Å². The quantitative estimate of drug-likeness (QED) is 0.762. The SMILES string of the molecule is N#Cc1cc(F)cc(Cc2ccnc(Cl)c2)c1. The first-order chi connectivity index (χ1) is 8.17. The van der Waals surface area contributed by atoms with Crippen LogP contribution in [0.3, 0.4) is 0 Å². The van der Waals surface area contributed by atoms with E-state index in [-0.39, 0.29) is 0 Å². The molecule has 17 heavy (non-hydrogen) atoms. The zero-order chi connectivity index (χ0) is 12.3. The Balaban J connectivity index is 2.30. The molecule has 0 aliphatic heterocycles. The lowest BCUT2D eigenvalue weighted by Gasteiger charge is -2.03. The Kier molecular flexibility index (Phi) is 3.36. The molecular weight excluding hydrogens is 239 g/mol. The van der Waals surface area contributed by atoms with E-state index in [1.807, 2.05) is 12.1 Å². The minimum Gasteiger partial charge on any atom is -0.245 e. The van der Waals surface area contributed by atoms with E-state index < -0.39 is 5.82 Å². The Labute approximate surface area is 103 Å². The first-order valence-corrected chi connectivity index (χ1v) is 5.35. The van der Waals surface area contributed by atoms with Gasteiger partial charge in [-0.05, 0) is 47.9 Å². The number of aromatic nitrogens is 1. The molecule has 0 saturated carbocycles. The number of hydrogen-bond acceptors (Lipinski definition) is 2. The van der Waals surface area contributed by atoms with Gasteiger partial charge in [0.25, 0.3) is 0 Å². The first kappa shape index (κ1) is 11.6. The number of nitrogens with zero attached hydrogens (tertiary/aromatic N) is 2. The van der Waals surface area contributed by atoms with Crippen molar-refractivity contribution in [3.05, 3.63) is 64.2 Å². The number of pyridine rings is 1. The second-order valence-electron chi connectivity index (χ2n) is 3.62. The average molecular weight is 247 g/mol. The summed E-state index contributed by atoms with van der Waals surface area (Å²) in [4.78, 5) is 3.87. The van der Waals surface area contributed by atoms with Gasteiger partial charge in [0.15, 0.2) is 0 Å². The van der Waals surface area contributed by atoms with Crippen LogP contribution in [0.5, 0.6) is 0 Å². The molecule has 0 bridgehead atoms. The van der Waals surface area contributed by atoms with E-state index in [2.05, 4.69) is 4.98 Å². The van der Waals surface area contributed by atoms with Crippen molar-refractivity contribution < 1.29 is 4.39 Å². The zero-order valence-electron chi connectivity index (χ0n) is 8.82. The van der Waals surface area contributed by atoms with Crippen molar-refractivity contribution in [3.63, 3.8) is 0 Å². The molecule has 0 aliphatic carbocycles. The van der Waals surface area contributed by atoms with E-state index in [1.165, 1.54) is 12.1 Å². The third-order valence-electron chi connectivity index (χ3n) is 2.29. The molecule has 4 heteroatoms. The van der Waals surface area contributed by atoms with Crippen LogP contribution in [0.4, 0.5) is 4.39 Å². The lowest BCUT2D eigenvalue weighted by molar-refractivity contribution is 0.625. The summed E-state index contributed by atoms with van der Waals surface area (Å²) in [6.45, 7) is 0. The van der Waals surface area contributed by atoms with Crippen LogP contribution in [0.25, 0.3) is 0 Å². The van der Waals surface area contributed by atoms with Crippen LogP contribution in [0.15, 0.2) is 36.5 Å². The lowest BCUT2D eigenvalue weighted by Crippen LogP contribution is -1.92. The van der Waals surface area contributed by atoms with Gasteiger partial charge in [0.2, 0.25) is 0 Å². The van der Waals surface area contributed by atoms with E-state index in [4.69, 9.17) is 16.9 Å². The fourth-order valence-corrected chi connectivity index (χ4v) is 1.80. The predicted octanol–water partition coefficient (Wildman–Crippen LogP) is 3.34. The summed E-state index contributed by atoms with van der Waals surface area (Å²) in [5.41, 5.74) is 1.99. The van der Waals surface area contributed by atoms with Gasteiger partial charge in [-0.1, -0.05) is 11.6 Å². The summed E-state index contributed by atoms with van der Waals surface area (Å²) >= 11 is 5.76. The second-order valence-corrected chi connectivity index (χ2v) is 4.01. The predicted molar refractivity (Wildman–Crippen MR) is 63.2 cm³/mol. The van der Waals surface area contributed by atoms with Crippen molar-refractivity contribution >= 4 is 11.6 Å². The summed E-state index contributed by atoms with van der Waals surface area (Å²) in [6.07, 6.45) is 2.12. The fourth-order valence-electron chi connectivity index (χ4n) is 1.61. The van der Waals surface area contributed by atoms with Crippen molar-refractivity contribution in [3.8, 4) is 6.07 Å². The maximum absolute atomic E-state index is 13.2. The molecule has 0 N–H and O–H groups in total. The number of halogens is 2. The highest BCUT2D eigenvalue weighted by atomic mass is 35.5. The van der Waals surface area contributed by atoms with Crippen molar-refractivity contribution in [1.82, 2.24) is 4.98 Å². The van der Waals surface area contributed by atoms with Gasteiger partial charge in [-0.2, -0.15) is 5.26 Å². The van der Waals surface area contributed by atoms with Crippen molar-refractivity contribution in [2.45, 2.75) is 6.42 Å². The highest BCUT2D eigenvalue weighted by Crippen LogP contribution is 2.15. The summed E-state index contributed by atoms with van der Waals surface area (Å²) in [5.74, 6) is -0.404. The van der Waals surface area contributed by atoms with Crippen molar-refractivity contribution in [2.24, 2.45) is 0 Å². The van der Waals surface area contributed by atoms with Gasteiger partial charge in [-0.15, -0.1) is 0 Å². The molecular formula is C13H8ClFN2. The molecule has 2 nitrogen and oxygen atoms in total. The third-order valence-corrected chi connectivity index (χ3v) is 2.49. The van der Waals surface area contributed by atoms with Gasteiger partial charge in [0.05, 0.1) is 11.6 Å². The average Bonchev–Trinajstić information content (AvgIpc) is 2.28. The largest absolute Gasteiger partial charge is 0.245 e. The minimum absolute atomic E-state index is 0.320. The summed E-state index contributed by atoms with van der Waals surface area (Å²) in [5, 5.41) is 9.15. The Morgan fingerprint density at radius 2 is 2.06 bits per heavy atom. The van der Waals surface area contributed by atoms with Gasteiger partial charge in [-0.3, -0.25) is 0 Å².